The maximum Gasteiger partial charge on any atom is 0.119 e. The maximum absolute atomic E-state index is 6.01. The van der Waals surface area contributed by atoms with Crippen molar-refractivity contribution in [3.8, 4) is 5.75 Å². The minimum absolute atomic E-state index is 0.132. The first-order valence-electron chi connectivity index (χ1n) is 7.35. The van der Waals surface area contributed by atoms with Gasteiger partial charge in [0.25, 0.3) is 0 Å². The topological polar surface area (TPSA) is 38.5 Å². The van der Waals surface area contributed by atoms with E-state index >= 15 is 0 Å². The second-order valence-corrected chi connectivity index (χ2v) is 5.16. The Morgan fingerprint density at radius 2 is 1.86 bits per heavy atom. The molecule has 3 nitrogen and oxygen atoms in total. The van der Waals surface area contributed by atoms with Gasteiger partial charge in [0.15, 0.2) is 0 Å². The molecule has 0 aliphatic heterocycles. The van der Waals surface area contributed by atoms with Crippen molar-refractivity contribution in [2.75, 3.05) is 25.6 Å². The molecule has 0 spiro atoms. The fourth-order valence-electron chi connectivity index (χ4n) is 2.51. The van der Waals surface area contributed by atoms with Crippen LogP contribution in [0.3, 0.4) is 0 Å². The van der Waals surface area contributed by atoms with E-state index in [0.717, 1.165) is 12.2 Å². The monoisotopic (exact) mass is 284 g/mol. The van der Waals surface area contributed by atoms with Crippen LogP contribution in [0.1, 0.15) is 24.1 Å². The number of ether oxygens (including phenoxy) is 1. The molecule has 0 heterocycles. The normalized spacial score (nSPS) is 12.0. The Bertz CT molecular complexity index is 566. The van der Waals surface area contributed by atoms with E-state index in [9.17, 15) is 0 Å². The molecule has 1 atom stereocenters. The van der Waals surface area contributed by atoms with Gasteiger partial charge in [0.2, 0.25) is 0 Å². The molecule has 3 heteroatoms. The third kappa shape index (κ3) is 3.56. The molecule has 0 bridgehead atoms. The minimum atomic E-state index is 0.132. The maximum atomic E-state index is 6.01. The number of aryl methyl sites for hydroxylation is 1. The van der Waals surface area contributed by atoms with E-state index in [1.807, 2.05) is 12.1 Å². The Labute approximate surface area is 127 Å². The van der Waals surface area contributed by atoms with Gasteiger partial charge >= 0.3 is 0 Å². The summed E-state index contributed by atoms with van der Waals surface area (Å²) < 4.78 is 5.31. The molecule has 112 valence electrons. The van der Waals surface area contributed by atoms with E-state index < -0.39 is 0 Å². The molecule has 0 fully saturated rings. The lowest BCUT2D eigenvalue weighted by atomic mass is 10.0. The first kappa shape index (κ1) is 15.4. The van der Waals surface area contributed by atoms with E-state index in [1.54, 1.807) is 7.11 Å². The number of benzene rings is 2. The Morgan fingerprint density at radius 3 is 2.43 bits per heavy atom. The van der Waals surface area contributed by atoms with Crippen LogP contribution in [0.25, 0.3) is 0 Å². The zero-order valence-electron chi connectivity index (χ0n) is 13.0. The highest BCUT2D eigenvalue weighted by Gasteiger charge is 2.16. The van der Waals surface area contributed by atoms with E-state index in [0.29, 0.717) is 6.54 Å². The number of likely N-dealkylation sites (N-methyl/N-ethyl adjacent to an activating group) is 1. The summed E-state index contributed by atoms with van der Waals surface area (Å²) in [4.78, 5) is 2.22. The summed E-state index contributed by atoms with van der Waals surface area (Å²) in [6.07, 6.45) is 1.06. The summed E-state index contributed by atoms with van der Waals surface area (Å²) in [5.41, 5.74) is 9.69. The Morgan fingerprint density at radius 1 is 1.14 bits per heavy atom. The highest BCUT2D eigenvalue weighted by Crippen LogP contribution is 2.27. The lowest BCUT2D eigenvalue weighted by molar-refractivity contribution is 0.413. The van der Waals surface area contributed by atoms with Crippen molar-refractivity contribution in [3.63, 3.8) is 0 Å². The van der Waals surface area contributed by atoms with Gasteiger partial charge in [-0.2, -0.15) is 0 Å². The molecule has 0 amide bonds. The van der Waals surface area contributed by atoms with Crippen LogP contribution in [0.15, 0.2) is 48.5 Å². The van der Waals surface area contributed by atoms with Gasteiger partial charge in [0.05, 0.1) is 13.2 Å². The molecule has 2 rings (SSSR count). The number of nitrogens with zero attached hydrogens (tertiary/aromatic N) is 1. The zero-order chi connectivity index (χ0) is 15.2. The quantitative estimate of drug-likeness (QED) is 0.883. The Balaban J connectivity index is 2.26. The summed E-state index contributed by atoms with van der Waals surface area (Å²) in [7, 11) is 3.77. The van der Waals surface area contributed by atoms with Crippen LogP contribution >= 0.6 is 0 Å². The van der Waals surface area contributed by atoms with Crippen molar-refractivity contribution in [2.24, 2.45) is 5.73 Å². The Kier molecular flexibility index (Phi) is 5.23. The van der Waals surface area contributed by atoms with Crippen molar-refractivity contribution in [1.29, 1.82) is 0 Å². The predicted octanol–water partition coefficient (Wildman–Crippen LogP) is 3.39. The van der Waals surface area contributed by atoms with Gasteiger partial charge in [-0.15, -0.1) is 0 Å². The standard InChI is InChI=1S/C18H24N2O/c1-4-14-8-10-16(11-9-14)20(2)18(13-19)15-6-5-7-17(12-15)21-3/h5-12,18H,4,13,19H2,1-3H3. The number of methoxy groups -OCH3 is 1. The summed E-state index contributed by atoms with van der Waals surface area (Å²) >= 11 is 0. The molecular formula is C18H24N2O. The van der Waals surface area contributed by atoms with Gasteiger partial charge in [-0.25, -0.2) is 0 Å². The van der Waals surface area contributed by atoms with Gasteiger partial charge in [-0.3, -0.25) is 0 Å². The largest absolute Gasteiger partial charge is 0.497 e. The molecule has 0 aliphatic rings. The van der Waals surface area contributed by atoms with E-state index in [-0.39, 0.29) is 6.04 Å². The average Bonchev–Trinajstić information content (AvgIpc) is 2.55. The molecule has 21 heavy (non-hydrogen) atoms. The van der Waals surface area contributed by atoms with E-state index in [1.165, 1.54) is 16.8 Å². The SMILES string of the molecule is CCc1ccc(N(C)C(CN)c2cccc(OC)c2)cc1. The highest BCUT2D eigenvalue weighted by molar-refractivity contribution is 5.50. The number of anilines is 1. The summed E-state index contributed by atoms with van der Waals surface area (Å²) in [5.74, 6) is 0.862. The molecule has 0 saturated heterocycles. The number of nitrogens with two attached hydrogens (primary N) is 1. The van der Waals surface area contributed by atoms with E-state index in [4.69, 9.17) is 10.5 Å². The van der Waals surface area contributed by atoms with Crippen molar-refractivity contribution in [1.82, 2.24) is 0 Å². The molecule has 2 aromatic carbocycles. The highest BCUT2D eigenvalue weighted by atomic mass is 16.5. The second kappa shape index (κ2) is 7.14. The predicted molar refractivity (Wildman–Crippen MR) is 89.0 cm³/mol. The lowest BCUT2D eigenvalue weighted by Crippen LogP contribution is -2.30. The molecule has 2 aromatic rings. The third-order valence-electron chi connectivity index (χ3n) is 3.92. The fraction of sp³-hybridized carbons (Fsp3) is 0.333. The van der Waals surface area contributed by atoms with Gasteiger partial charge in [-0.1, -0.05) is 31.2 Å². The molecule has 1 unspecified atom stereocenters. The molecule has 0 aliphatic carbocycles. The molecule has 0 radical (unpaired) electrons. The first-order valence-corrected chi connectivity index (χ1v) is 7.35. The van der Waals surface area contributed by atoms with Crippen molar-refractivity contribution < 1.29 is 4.74 Å². The van der Waals surface area contributed by atoms with Crippen molar-refractivity contribution >= 4 is 5.69 Å². The Hall–Kier alpha value is -2.00. The van der Waals surface area contributed by atoms with Gasteiger partial charge in [-0.05, 0) is 41.8 Å². The van der Waals surface area contributed by atoms with Crippen LogP contribution in [0.5, 0.6) is 5.75 Å². The summed E-state index contributed by atoms with van der Waals surface area (Å²) in [6, 6.07) is 16.9. The minimum Gasteiger partial charge on any atom is -0.497 e. The molecular weight excluding hydrogens is 260 g/mol. The fourth-order valence-corrected chi connectivity index (χ4v) is 2.51. The van der Waals surface area contributed by atoms with E-state index in [2.05, 4.69) is 55.3 Å². The van der Waals surface area contributed by atoms with Gasteiger partial charge < -0.3 is 15.4 Å². The van der Waals surface area contributed by atoms with Crippen LogP contribution in [0.4, 0.5) is 5.69 Å². The molecule has 0 saturated carbocycles. The zero-order valence-corrected chi connectivity index (χ0v) is 13.0. The number of hydrogen-bond donors (Lipinski definition) is 1. The van der Waals surface area contributed by atoms with Crippen LogP contribution in [-0.2, 0) is 6.42 Å². The summed E-state index contributed by atoms with van der Waals surface area (Å²) in [5, 5.41) is 0. The van der Waals surface area contributed by atoms with Crippen molar-refractivity contribution in [2.45, 2.75) is 19.4 Å². The lowest BCUT2D eigenvalue weighted by Gasteiger charge is -2.30. The van der Waals surface area contributed by atoms with Crippen LogP contribution < -0.4 is 15.4 Å². The van der Waals surface area contributed by atoms with Gasteiger partial charge in [0, 0.05) is 19.3 Å². The van der Waals surface area contributed by atoms with Crippen molar-refractivity contribution in [3.05, 3.63) is 59.7 Å². The summed E-state index contributed by atoms with van der Waals surface area (Å²) in [6.45, 7) is 2.72. The average molecular weight is 284 g/mol. The second-order valence-electron chi connectivity index (χ2n) is 5.16. The molecule has 0 aromatic heterocycles. The smallest absolute Gasteiger partial charge is 0.119 e. The van der Waals surface area contributed by atoms with Gasteiger partial charge in [0.1, 0.15) is 5.75 Å². The number of hydrogen-bond acceptors (Lipinski definition) is 3. The first-order chi connectivity index (χ1) is 10.2. The van der Waals surface area contributed by atoms with Crippen LogP contribution in [0.2, 0.25) is 0 Å². The number of rotatable bonds is 6. The van der Waals surface area contributed by atoms with Crippen LogP contribution in [-0.4, -0.2) is 20.7 Å². The third-order valence-corrected chi connectivity index (χ3v) is 3.92. The van der Waals surface area contributed by atoms with Crippen LogP contribution in [0, 0.1) is 0 Å². The molecule has 2 N–H and O–H groups in total.